The van der Waals surface area contributed by atoms with Crippen LogP contribution >= 0.6 is 11.3 Å². The van der Waals surface area contributed by atoms with Gasteiger partial charge >= 0.3 is 0 Å². The van der Waals surface area contributed by atoms with Crippen LogP contribution in [0.5, 0.6) is 0 Å². The Morgan fingerprint density at radius 1 is 1.53 bits per heavy atom. The Morgan fingerprint density at radius 2 is 2.29 bits per heavy atom. The highest BCUT2D eigenvalue weighted by molar-refractivity contribution is 7.15. The third-order valence-corrected chi connectivity index (χ3v) is 3.98. The molecule has 0 bridgehead atoms. The van der Waals surface area contributed by atoms with Gasteiger partial charge in [-0.05, 0) is 20.3 Å². The van der Waals surface area contributed by atoms with Gasteiger partial charge in [0.2, 0.25) is 0 Å². The average molecular weight is 253 g/mol. The zero-order chi connectivity index (χ0) is 12.4. The Kier molecular flexibility index (Phi) is 3.69. The quantitative estimate of drug-likeness (QED) is 0.890. The van der Waals surface area contributed by atoms with Gasteiger partial charge in [-0.15, -0.1) is 11.3 Å². The SMILES string of the molecule is CCC(C)N(CC)c1nc2sccn2c1CO. The predicted molar refractivity (Wildman–Crippen MR) is 71.8 cm³/mol. The lowest BCUT2D eigenvalue weighted by Gasteiger charge is -2.28. The molecule has 0 aliphatic rings. The van der Waals surface area contributed by atoms with E-state index >= 15 is 0 Å². The summed E-state index contributed by atoms with van der Waals surface area (Å²) in [7, 11) is 0. The van der Waals surface area contributed by atoms with E-state index in [1.54, 1.807) is 11.3 Å². The average Bonchev–Trinajstić information content (AvgIpc) is 2.89. The molecule has 0 aromatic carbocycles. The van der Waals surface area contributed by atoms with E-state index in [9.17, 15) is 5.11 Å². The van der Waals surface area contributed by atoms with Crippen LogP contribution in [0, 0.1) is 0 Å². The van der Waals surface area contributed by atoms with E-state index in [0.29, 0.717) is 6.04 Å². The Morgan fingerprint density at radius 3 is 2.88 bits per heavy atom. The molecule has 2 rings (SSSR count). The molecule has 0 amide bonds. The number of hydrogen-bond donors (Lipinski definition) is 1. The second kappa shape index (κ2) is 5.06. The smallest absolute Gasteiger partial charge is 0.195 e. The topological polar surface area (TPSA) is 40.8 Å². The highest BCUT2D eigenvalue weighted by Crippen LogP contribution is 2.26. The molecule has 94 valence electrons. The van der Waals surface area contributed by atoms with Crippen molar-refractivity contribution in [3.05, 3.63) is 17.3 Å². The minimum atomic E-state index is 0.0279. The summed E-state index contributed by atoms with van der Waals surface area (Å²) in [5, 5.41) is 11.5. The fourth-order valence-corrected chi connectivity index (χ4v) is 2.82. The zero-order valence-electron chi connectivity index (χ0n) is 10.6. The molecule has 5 heteroatoms. The van der Waals surface area contributed by atoms with Crippen LogP contribution in [0.25, 0.3) is 4.96 Å². The van der Waals surface area contributed by atoms with E-state index in [0.717, 1.165) is 29.4 Å². The normalized spacial score (nSPS) is 13.2. The van der Waals surface area contributed by atoms with E-state index in [2.05, 4.69) is 30.7 Å². The van der Waals surface area contributed by atoms with Crippen molar-refractivity contribution in [3.63, 3.8) is 0 Å². The van der Waals surface area contributed by atoms with Crippen molar-refractivity contribution in [3.8, 4) is 0 Å². The van der Waals surface area contributed by atoms with Gasteiger partial charge in [0.1, 0.15) is 0 Å². The fraction of sp³-hybridized carbons (Fsp3) is 0.583. The van der Waals surface area contributed by atoms with Gasteiger partial charge in [0.15, 0.2) is 10.8 Å². The molecule has 2 aromatic rings. The number of aliphatic hydroxyl groups excluding tert-OH is 1. The minimum Gasteiger partial charge on any atom is -0.390 e. The lowest BCUT2D eigenvalue weighted by atomic mass is 10.2. The second-order valence-electron chi connectivity index (χ2n) is 4.14. The number of aliphatic hydroxyl groups is 1. The summed E-state index contributed by atoms with van der Waals surface area (Å²) in [5.74, 6) is 0.927. The largest absolute Gasteiger partial charge is 0.390 e. The summed E-state index contributed by atoms with van der Waals surface area (Å²) >= 11 is 1.60. The number of aromatic nitrogens is 2. The van der Waals surface area contributed by atoms with E-state index in [-0.39, 0.29) is 6.61 Å². The number of fused-ring (bicyclic) bond motifs is 1. The van der Waals surface area contributed by atoms with Gasteiger partial charge < -0.3 is 10.0 Å². The molecule has 0 radical (unpaired) electrons. The van der Waals surface area contributed by atoms with Crippen molar-refractivity contribution >= 4 is 22.1 Å². The molecule has 1 unspecified atom stereocenters. The van der Waals surface area contributed by atoms with Gasteiger partial charge in [-0.1, -0.05) is 6.92 Å². The lowest BCUT2D eigenvalue weighted by Crippen LogP contribution is -2.33. The van der Waals surface area contributed by atoms with Gasteiger partial charge in [0, 0.05) is 24.2 Å². The first-order chi connectivity index (χ1) is 8.22. The number of hydrogen-bond acceptors (Lipinski definition) is 4. The van der Waals surface area contributed by atoms with Crippen LogP contribution in [-0.2, 0) is 6.61 Å². The molecular weight excluding hydrogens is 234 g/mol. The van der Waals surface area contributed by atoms with Gasteiger partial charge in [-0.3, -0.25) is 4.40 Å². The highest BCUT2D eigenvalue weighted by atomic mass is 32.1. The lowest BCUT2D eigenvalue weighted by molar-refractivity contribution is 0.276. The number of anilines is 1. The van der Waals surface area contributed by atoms with Crippen molar-refractivity contribution in [2.75, 3.05) is 11.4 Å². The van der Waals surface area contributed by atoms with Crippen LogP contribution < -0.4 is 4.90 Å². The van der Waals surface area contributed by atoms with E-state index in [1.165, 1.54) is 0 Å². The van der Waals surface area contributed by atoms with Crippen LogP contribution in [0.4, 0.5) is 5.82 Å². The van der Waals surface area contributed by atoms with Crippen LogP contribution in [-0.4, -0.2) is 27.1 Å². The number of imidazole rings is 1. The van der Waals surface area contributed by atoms with E-state index in [4.69, 9.17) is 0 Å². The summed E-state index contributed by atoms with van der Waals surface area (Å²) in [6.45, 7) is 7.43. The van der Waals surface area contributed by atoms with Crippen molar-refractivity contribution in [1.29, 1.82) is 0 Å². The molecule has 0 fully saturated rings. The zero-order valence-corrected chi connectivity index (χ0v) is 11.4. The summed E-state index contributed by atoms with van der Waals surface area (Å²) in [5.41, 5.74) is 0.892. The Balaban J connectivity index is 2.48. The molecule has 0 saturated heterocycles. The first-order valence-corrected chi connectivity index (χ1v) is 6.92. The van der Waals surface area contributed by atoms with Crippen LogP contribution in [0.3, 0.4) is 0 Å². The summed E-state index contributed by atoms with van der Waals surface area (Å²) < 4.78 is 1.98. The maximum absolute atomic E-state index is 9.54. The van der Waals surface area contributed by atoms with Crippen molar-refractivity contribution in [1.82, 2.24) is 9.38 Å². The van der Waals surface area contributed by atoms with E-state index < -0.39 is 0 Å². The van der Waals surface area contributed by atoms with Crippen molar-refractivity contribution in [2.24, 2.45) is 0 Å². The van der Waals surface area contributed by atoms with E-state index in [1.807, 2.05) is 16.0 Å². The summed E-state index contributed by atoms with van der Waals surface area (Å²) in [6, 6.07) is 0.440. The summed E-state index contributed by atoms with van der Waals surface area (Å²) in [6.07, 6.45) is 3.04. The first-order valence-electron chi connectivity index (χ1n) is 6.04. The molecule has 17 heavy (non-hydrogen) atoms. The molecule has 1 atom stereocenters. The molecule has 2 aromatic heterocycles. The maximum Gasteiger partial charge on any atom is 0.195 e. The Hall–Kier alpha value is -1.07. The monoisotopic (exact) mass is 253 g/mol. The Labute approximate surface area is 106 Å². The minimum absolute atomic E-state index is 0.0279. The summed E-state index contributed by atoms with van der Waals surface area (Å²) in [4.78, 5) is 7.84. The second-order valence-corrected chi connectivity index (χ2v) is 5.01. The molecule has 0 aliphatic carbocycles. The van der Waals surface area contributed by atoms with Crippen molar-refractivity contribution in [2.45, 2.75) is 39.8 Å². The highest BCUT2D eigenvalue weighted by Gasteiger charge is 2.20. The van der Waals surface area contributed by atoms with Gasteiger partial charge in [0.05, 0.1) is 12.3 Å². The standard InChI is InChI=1S/C12H19N3OS/c1-4-9(3)14(5-2)11-10(8-16)15-6-7-17-12(15)13-11/h6-7,9,16H,4-5,8H2,1-3H3. The van der Waals surface area contributed by atoms with Gasteiger partial charge in [-0.2, -0.15) is 0 Å². The van der Waals surface area contributed by atoms with Gasteiger partial charge in [-0.25, -0.2) is 4.98 Å². The molecule has 0 saturated carbocycles. The first kappa shape index (κ1) is 12.4. The predicted octanol–water partition coefficient (Wildman–Crippen LogP) is 2.51. The number of nitrogens with zero attached hydrogens (tertiary/aromatic N) is 3. The molecule has 0 spiro atoms. The fourth-order valence-electron chi connectivity index (χ4n) is 2.09. The number of rotatable bonds is 5. The van der Waals surface area contributed by atoms with Crippen molar-refractivity contribution < 1.29 is 5.11 Å². The third kappa shape index (κ3) is 2.05. The Bertz CT molecular complexity index is 491. The van der Waals surface area contributed by atoms with Crippen LogP contribution in [0.1, 0.15) is 32.9 Å². The molecular formula is C12H19N3OS. The van der Waals surface area contributed by atoms with Crippen LogP contribution in [0.2, 0.25) is 0 Å². The maximum atomic E-state index is 9.54. The molecule has 4 nitrogen and oxygen atoms in total. The molecule has 1 N–H and O–H groups in total. The molecule has 2 heterocycles. The van der Waals surface area contributed by atoms with Crippen LogP contribution in [0.15, 0.2) is 11.6 Å². The molecule has 0 aliphatic heterocycles. The number of thiazole rings is 1. The van der Waals surface area contributed by atoms with Gasteiger partial charge in [0.25, 0.3) is 0 Å². The third-order valence-electron chi connectivity index (χ3n) is 3.23.